The van der Waals surface area contributed by atoms with Crippen LogP contribution in [0.25, 0.3) is 42.0 Å². The van der Waals surface area contributed by atoms with Gasteiger partial charge in [-0.05, 0) is 105 Å². The zero-order valence-electron chi connectivity index (χ0n) is 30.8. The Morgan fingerprint density at radius 1 is 0.517 bits per heavy atom. The first-order chi connectivity index (χ1) is 28.4. The molecule has 0 saturated heterocycles. The van der Waals surface area contributed by atoms with Crippen molar-refractivity contribution in [3.8, 4) is 0 Å². The van der Waals surface area contributed by atoms with Gasteiger partial charge in [-0.3, -0.25) is 0 Å². The number of nitrogens with zero attached hydrogens (tertiary/aromatic N) is 2. The number of thiophene rings is 3. The highest BCUT2D eigenvalue weighted by atomic mass is 35.5. The van der Waals surface area contributed by atoms with Crippen LogP contribution in [0.15, 0.2) is 187 Å². The van der Waals surface area contributed by atoms with Crippen molar-refractivity contribution in [2.24, 2.45) is 5.73 Å². The molecule has 0 aliphatic carbocycles. The number of halogens is 1. The van der Waals surface area contributed by atoms with Crippen molar-refractivity contribution in [3.63, 3.8) is 0 Å². The lowest BCUT2D eigenvalue weighted by Crippen LogP contribution is -1.99. The molecule has 0 aliphatic rings. The second kappa shape index (κ2) is 20.8. The standard InChI is InChI=1S/C15H9NO2S2.C15H13NO2S2.C10H8S.C5H2ClNS.CH4/c1-16-14-8-9-15(19-14)20(17,18)13-7-6-11-4-2-3-5-12(11)10-13;16-10-13-6-8-15(19-13)20(17,18)14-7-5-11-3-1-2-4-12(11)9-14;11-10-6-5-8-3-1-2-4-9(8)7-10;1-7-5-3-2-4(6)8-5;/h2-10H;1-9H,10,16H2;1-7,11H;2-3H;1H4. The fourth-order valence-electron chi connectivity index (χ4n) is 5.57. The summed E-state index contributed by atoms with van der Waals surface area (Å²) in [6.07, 6.45) is 0. The molecular formula is C46H36ClN3O4S6. The maximum Gasteiger partial charge on any atom is 0.242 e. The fraction of sp³-hybridized carbons (Fsp3) is 0.0435. The predicted octanol–water partition coefficient (Wildman–Crippen LogP) is 14.2. The van der Waals surface area contributed by atoms with Crippen LogP contribution in [0.2, 0.25) is 4.34 Å². The Bertz CT molecular complexity index is 3220. The van der Waals surface area contributed by atoms with Gasteiger partial charge in [-0.1, -0.05) is 110 Å². The van der Waals surface area contributed by atoms with Gasteiger partial charge in [0.2, 0.25) is 29.7 Å². The van der Waals surface area contributed by atoms with E-state index < -0.39 is 19.7 Å². The van der Waals surface area contributed by atoms with E-state index >= 15 is 0 Å². The maximum atomic E-state index is 12.6. The molecule has 0 bridgehead atoms. The topological polar surface area (TPSA) is 103 Å². The lowest BCUT2D eigenvalue weighted by Gasteiger charge is -2.04. The Morgan fingerprint density at radius 2 is 0.933 bits per heavy atom. The number of thiol groups is 1. The Balaban J connectivity index is 0.000000160. The molecule has 14 heteroatoms. The first-order valence-corrected chi connectivity index (χ1v) is 23.7. The van der Waals surface area contributed by atoms with Crippen LogP contribution in [0.1, 0.15) is 12.3 Å². The van der Waals surface area contributed by atoms with Crippen LogP contribution in [0.4, 0.5) is 10.0 Å². The van der Waals surface area contributed by atoms with Gasteiger partial charge in [0, 0.05) is 16.3 Å². The number of hydrogen-bond acceptors (Lipinski definition) is 9. The quantitative estimate of drug-likeness (QED) is 0.132. The summed E-state index contributed by atoms with van der Waals surface area (Å²) in [5.74, 6) is 0. The number of fused-ring (bicyclic) bond motifs is 3. The molecule has 9 rings (SSSR count). The zero-order valence-corrected chi connectivity index (χ0v) is 36.5. The normalized spacial score (nSPS) is 10.8. The Morgan fingerprint density at radius 3 is 1.35 bits per heavy atom. The van der Waals surface area contributed by atoms with E-state index in [9.17, 15) is 16.8 Å². The van der Waals surface area contributed by atoms with Gasteiger partial charge in [0.1, 0.15) is 8.42 Å². The molecule has 3 heterocycles. The molecule has 0 spiro atoms. The highest BCUT2D eigenvalue weighted by molar-refractivity contribution is 7.94. The highest BCUT2D eigenvalue weighted by Crippen LogP contribution is 2.34. The van der Waals surface area contributed by atoms with Gasteiger partial charge in [-0.2, -0.15) is 0 Å². The number of nitrogens with two attached hydrogens (primary N) is 1. The van der Waals surface area contributed by atoms with E-state index in [1.807, 2.05) is 72.8 Å². The molecule has 60 heavy (non-hydrogen) atoms. The van der Waals surface area contributed by atoms with Gasteiger partial charge in [0.15, 0.2) is 0 Å². The molecule has 9 aromatic rings. The first kappa shape index (κ1) is 45.8. The molecule has 6 aromatic carbocycles. The highest BCUT2D eigenvalue weighted by Gasteiger charge is 2.21. The van der Waals surface area contributed by atoms with Crippen molar-refractivity contribution in [2.75, 3.05) is 0 Å². The zero-order chi connectivity index (χ0) is 42.0. The summed E-state index contributed by atoms with van der Waals surface area (Å²) in [5, 5.41) is 7.38. The minimum atomic E-state index is -3.54. The summed E-state index contributed by atoms with van der Waals surface area (Å²) >= 11 is 13.3. The summed E-state index contributed by atoms with van der Waals surface area (Å²) in [6, 6.07) is 49.9. The minimum Gasteiger partial charge on any atom is -0.326 e. The molecule has 0 radical (unpaired) electrons. The average molecular weight is 923 g/mol. The van der Waals surface area contributed by atoms with Gasteiger partial charge in [0.05, 0.1) is 27.3 Å². The van der Waals surface area contributed by atoms with Crippen molar-refractivity contribution in [2.45, 2.75) is 37.1 Å². The van der Waals surface area contributed by atoms with E-state index in [2.05, 4.69) is 46.6 Å². The molecule has 0 aliphatic heterocycles. The third-order valence-corrected chi connectivity index (χ3v) is 16.5. The number of sulfone groups is 2. The van der Waals surface area contributed by atoms with Crippen LogP contribution in [-0.4, -0.2) is 16.8 Å². The van der Waals surface area contributed by atoms with Crippen LogP contribution >= 0.6 is 58.2 Å². The number of hydrogen-bond donors (Lipinski definition) is 2. The second-order valence-electron chi connectivity index (χ2n) is 12.4. The molecular weight excluding hydrogens is 886 g/mol. The first-order valence-electron chi connectivity index (χ1n) is 17.5. The van der Waals surface area contributed by atoms with Gasteiger partial charge < -0.3 is 5.73 Å². The van der Waals surface area contributed by atoms with Gasteiger partial charge >= 0.3 is 0 Å². The molecule has 0 atom stereocenters. The van der Waals surface area contributed by atoms with E-state index in [4.69, 9.17) is 30.5 Å². The van der Waals surface area contributed by atoms with Gasteiger partial charge in [-0.15, -0.1) is 46.6 Å². The van der Waals surface area contributed by atoms with E-state index in [1.54, 1.807) is 54.6 Å². The average Bonchev–Trinajstić information content (AvgIpc) is 4.06. The van der Waals surface area contributed by atoms with Crippen LogP contribution < -0.4 is 5.73 Å². The summed E-state index contributed by atoms with van der Waals surface area (Å²) in [6.45, 7) is 13.8. The van der Waals surface area contributed by atoms with Crippen LogP contribution in [0.3, 0.4) is 0 Å². The fourth-order valence-corrected chi connectivity index (χ4v) is 11.8. The molecule has 0 unspecified atom stereocenters. The minimum absolute atomic E-state index is 0. The van der Waals surface area contributed by atoms with Crippen molar-refractivity contribution < 1.29 is 16.8 Å². The molecule has 0 amide bonds. The van der Waals surface area contributed by atoms with Gasteiger partial charge in [-0.25, -0.2) is 26.5 Å². The molecule has 0 fully saturated rings. The van der Waals surface area contributed by atoms with Crippen LogP contribution in [0.5, 0.6) is 0 Å². The van der Waals surface area contributed by atoms with Crippen molar-refractivity contribution in [1.82, 2.24) is 0 Å². The summed E-state index contributed by atoms with van der Waals surface area (Å²) in [7, 11) is -7.00. The van der Waals surface area contributed by atoms with E-state index in [-0.39, 0.29) is 16.5 Å². The SMILES string of the molecule is C.NCc1ccc(S(=O)(=O)c2ccc3ccccc3c2)s1.Sc1ccc2ccccc2c1.[C-]#[N+]c1ccc(Cl)s1.[C-]#[N+]c1ccc(S(=O)(=O)c2ccc3ccccc3c2)s1. The summed E-state index contributed by atoms with van der Waals surface area (Å²) < 4.78 is 51.4. The predicted molar refractivity (Wildman–Crippen MR) is 255 cm³/mol. The van der Waals surface area contributed by atoms with Crippen LogP contribution in [0, 0.1) is 13.1 Å². The Labute approximate surface area is 372 Å². The maximum absolute atomic E-state index is 12.6. The smallest absolute Gasteiger partial charge is 0.242 e. The van der Waals surface area contributed by atoms with Crippen LogP contribution in [-0.2, 0) is 26.2 Å². The van der Waals surface area contributed by atoms with E-state index in [1.165, 1.54) is 45.6 Å². The molecule has 2 N–H and O–H groups in total. The second-order valence-corrected chi connectivity index (χ2v) is 21.2. The van der Waals surface area contributed by atoms with E-state index in [0.717, 1.165) is 42.7 Å². The lowest BCUT2D eigenvalue weighted by atomic mass is 10.1. The Hall–Kier alpha value is -5.32. The van der Waals surface area contributed by atoms with Crippen molar-refractivity contribution >= 4 is 120 Å². The summed E-state index contributed by atoms with van der Waals surface area (Å²) in [5.41, 5.74) is 5.54. The third-order valence-electron chi connectivity index (χ3n) is 8.51. The molecule has 302 valence electrons. The van der Waals surface area contributed by atoms with Gasteiger partial charge in [0.25, 0.3) is 0 Å². The van der Waals surface area contributed by atoms with Crippen molar-refractivity contribution in [3.05, 3.63) is 196 Å². The number of benzene rings is 6. The lowest BCUT2D eigenvalue weighted by molar-refractivity contribution is 0.596. The third kappa shape index (κ3) is 11.3. The molecule has 0 saturated carbocycles. The Kier molecular flexibility index (Phi) is 15.8. The van der Waals surface area contributed by atoms with Crippen molar-refractivity contribution in [1.29, 1.82) is 0 Å². The number of rotatable bonds is 5. The molecule has 7 nitrogen and oxygen atoms in total. The summed E-state index contributed by atoms with van der Waals surface area (Å²) in [4.78, 5) is 8.89. The van der Waals surface area contributed by atoms with E-state index in [0.29, 0.717) is 30.0 Å². The molecule has 3 aromatic heterocycles. The monoisotopic (exact) mass is 921 g/mol. The largest absolute Gasteiger partial charge is 0.326 e.